The number of amides is 2. The first kappa shape index (κ1) is 29.9. The highest BCUT2D eigenvalue weighted by Crippen LogP contribution is 2.41. The lowest BCUT2D eigenvalue weighted by Crippen LogP contribution is -2.51. The number of rotatable bonds is 10. The van der Waals surface area contributed by atoms with Crippen molar-refractivity contribution >= 4 is 12.0 Å². The molecule has 3 atom stereocenters. The number of nitrogens with zero attached hydrogens (tertiary/aromatic N) is 2. The maximum absolute atomic E-state index is 13.4. The van der Waals surface area contributed by atoms with Crippen molar-refractivity contribution in [1.82, 2.24) is 15.1 Å². The summed E-state index contributed by atoms with van der Waals surface area (Å²) in [4.78, 5) is 30.6. The molecule has 1 aliphatic heterocycles. The van der Waals surface area contributed by atoms with Crippen LogP contribution in [0.4, 0.5) is 4.79 Å². The zero-order valence-corrected chi connectivity index (χ0v) is 24.0. The van der Waals surface area contributed by atoms with Gasteiger partial charge in [-0.3, -0.25) is 9.69 Å². The van der Waals surface area contributed by atoms with Gasteiger partial charge in [0.15, 0.2) is 0 Å². The summed E-state index contributed by atoms with van der Waals surface area (Å²) >= 11 is 0. The molecule has 0 bridgehead atoms. The SMILES string of the molecule is CC(C)[C@H](C[C@@H]1OC(C)(C)N(C(=O)OC(C)(C)C)[C@H]1CC1CCCCC1)C(=O)NCCCN(C)C. The van der Waals surface area contributed by atoms with E-state index in [1.165, 1.54) is 32.1 Å². The molecule has 0 aromatic rings. The summed E-state index contributed by atoms with van der Waals surface area (Å²) in [5, 5.41) is 3.15. The zero-order chi connectivity index (χ0) is 26.4. The van der Waals surface area contributed by atoms with E-state index in [1.807, 2.05) is 53.6 Å². The van der Waals surface area contributed by atoms with Crippen molar-refractivity contribution in [2.75, 3.05) is 27.2 Å². The standard InChI is InChI=1S/C28H53N3O4/c1-20(2)22(25(32)29-16-13-17-30(8)9)19-24-23(18-21-14-11-10-12-15-21)31(28(6,7)34-24)26(33)35-27(3,4)5/h20-24H,10-19H2,1-9H3,(H,29,32)/t22-,23-,24-/m0/s1. The van der Waals surface area contributed by atoms with Gasteiger partial charge in [0.05, 0.1) is 12.1 Å². The third-order valence-electron chi connectivity index (χ3n) is 7.38. The van der Waals surface area contributed by atoms with Gasteiger partial charge in [-0.1, -0.05) is 46.0 Å². The van der Waals surface area contributed by atoms with Crippen LogP contribution in [0, 0.1) is 17.8 Å². The van der Waals surface area contributed by atoms with Crippen LogP contribution < -0.4 is 5.32 Å². The Hall–Kier alpha value is -1.34. The molecule has 2 amide bonds. The van der Waals surface area contributed by atoms with Crippen LogP contribution in [0.1, 0.15) is 99.8 Å². The molecule has 1 aliphatic carbocycles. The quantitative estimate of drug-likeness (QED) is 0.409. The molecule has 7 heteroatoms. The monoisotopic (exact) mass is 495 g/mol. The summed E-state index contributed by atoms with van der Waals surface area (Å²) in [6, 6.07) is -0.0919. The minimum absolute atomic E-state index is 0.0901. The van der Waals surface area contributed by atoms with Crippen molar-refractivity contribution in [3.8, 4) is 0 Å². The second kappa shape index (κ2) is 12.8. The number of hydrogen-bond donors (Lipinski definition) is 1. The molecule has 0 spiro atoms. The van der Waals surface area contributed by atoms with Crippen molar-refractivity contribution in [3.63, 3.8) is 0 Å². The molecule has 204 valence electrons. The molecule has 2 aliphatic rings. The molecule has 7 nitrogen and oxygen atoms in total. The minimum atomic E-state index is -0.782. The van der Waals surface area contributed by atoms with Gasteiger partial charge in [-0.15, -0.1) is 0 Å². The Bertz CT molecular complexity index is 680. The summed E-state index contributed by atoms with van der Waals surface area (Å²) in [7, 11) is 4.08. The lowest BCUT2D eigenvalue weighted by Gasteiger charge is -2.37. The molecule has 0 unspecified atom stereocenters. The van der Waals surface area contributed by atoms with E-state index in [0.717, 1.165) is 19.4 Å². The van der Waals surface area contributed by atoms with Crippen LogP contribution >= 0.6 is 0 Å². The van der Waals surface area contributed by atoms with Crippen molar-refractivity contribution in [2.24, 2.45) is 17.8 Å². The predicted octanol–water partition coefficient (Wildman–Crippen LogP) is 5.43. The van der Waals surface area contributed by atoms with Gasteiger partial charge >= 0.3 is 6.09 Å². The Morgan fingerprint density at radius 1 is 1.14 bits per heavy atom. The van der Waals surface area contributed by atoms with E-state index in [1.54, 1.807) is 0 Å². The second-order valence-electron chi connectivity index (χ2n) is 12.8. The summed E-state index contributed by atoms with van der Waals surface area (Å²) in [5.74, 6) is 0.687. The topological polar surface area (TPSA) is 71.1 Å². The molecular weight excluding hydrogens is 442 g/mol. The van der Waals surface area contributed by atoms with Crippen LogP contribution in [-0.2, 0) is 14.3 Å². The van der Waals surface area contributed by atoms with Gasteiger partial charge in [0, 0.05) is 12.5 Å². The van der Waals surface area contributed by atoms with Gasteiger partial charge < -0.3 is 19.7 Å². The second-order valence-corrected chi connectivity index (χ2v) is 12.8. The number of hydrogen-bond acceptors (Lipinski definition) is 5. The van der Waals surface area contributed by atoms with Gasteiger partial charge in [-0.2, -0.15) is 0 Å². The van der Waals surface area contributed by atoms with E-state index in [9.17, 15) is 9.59 Å². The molecule has 1 N–H and O–H groups in total. The normalized spacial score (nSPS) is 24.1. The Morgan fingerprint density at radius 3 is 2.31 bits per heavy atom. The zero-order valence-electron chi connectivity index (χ0n) is 24.0. The van der Waals surface area contributed by atoms with Crippen LogP contribution in [-0.4, -0.2) is 72.5 Å². The van der Waals surface area contributed by atoms with Gasteiger partial charge in [0.2, 0.25) is 5.91 Å². The van der Waals surface area contributed by atoms with E-state index in [4.69, 9.17) is 9.47 Å². The van der Waals surface area contributed by atoms with E-state index < -0.39 is 11.3 Å². The molecule has 2 rings (SSSR count). The minimum Gasteiger partial charge on any atom is -0.444 e. The maximum atomic E-state index is 13.4. The Labute approximate surface area is 214 Å². The Kier molecular flexibility index (Phi) is 10.9. The Morgan fingerprint density at radius 2 is 1.77 bits per heavy atom. The first-order valence-corrected chi connectivity index (χ1v) is 13.8. The molecular formula is C28H53N3O4. The third-order valence-corrected chi connectivity index (χ3v) is 7.38. The lowest BCUT2D eigenvalue weighted by atomic mass is 9.81. The smallest absolute Gasteiger partial charge is 0.412 e. The molecule has 1 heterocycles. The summed E-state index contributed by atoms with van der Waals surface area (Å²) < 4.78 is 12.4. The number of nitrogens with one attached hydrogen (secondary N) is 1. The fourth-order valence-corrected chi connectivity index (χ4v) is 5.63. The maximum Gasteiger partial charge on any atom is 0.412 e. The fraction of sp³-hybridized carbons (Fsp3) is 0.929. The van der Waals surface area contributed by atoms with Crippen LogP contribution in [0.15, 0.2) is 0 Å². The van der Waals surface area contributed by atoms with Crippen molar-refractivity contribution in [1.29, 1.82) is 0 Å². The molecule has 0 aromatic heterocycles. The average molecular weight is 496 g/mol. The number of carbonyl (C=O) groups is 2. The third kappa shape index (κ3) is 9.23. The van der Waals surface area contributed by atoms with Crippen LogP contribution in [0.25, 0.3) is 0 Å². The number of carbonyl (C=O) groups excluding carboxylic acids is 2. The van der Waals surface area contributed by atoms with Crippen LogP contribution in [0.5, 0.6) is 0 Å². The molecule has 0 radical (unpaired) electrons. The van der Waals surface area contributed by atoms with Crippen molar-refractivity contribution in [2.45, 2.75) is 123 Å². The van der Waals surface area contributed by atoms with E-state index in [0.29, 0.717) is 18.9 Å². The summed E-state index contributed by atoms with van der Waals surface area (Å²) in [6.45, 7) is 15.4. The van der Waals surface area contributed by atoms with Crippen molar-refractivity contribution in [3.05, 3.63) is 0 Å². The molecule has 35 heavy (non-hydrogen) atoms. The highest BCUT2D eigenvalue weighted by atomic mass is 16.6. The van der Waals surface area contributed by atoms with E-state index in [-0.39, 0.29) is 36.0 Å². The first-order chi connectivity index (χ1) is 16.2. The van der Waals surface area contributed by atoms with Gasteiger partial charge in [-0.25, -0.2) is 4.79 Å². The fourth-order valence-electron chi connectivity index (χ4n) is 5.63. The largest absolute Gasteiger partial charge is 0.444 e. The predicted molar refractivity (Wildman–Crippen MR) is 141 cm³/mol. The highest BCUT2D eigenvalue weighted by molar-refractivity contribution is 5.79. The highest BCUT2D eigenvalue weighted by Gasteiger charge is 2.52. The van der Waals surface area contributed by atoms with Crippen LogP contribution in [0.3, 0.4) is 0 Å². The van der Waals surface area contributed by atoms with E-state index >= 15 is 0 Å². The van der Waals surface area contributed by atoms with Gasteiger partial charge in [0.1, 0.15) is 11.3 Å². The lowest BCUT2D eigenvalue weighted by molar-refractivity contribution is -0.129. The molecule has 2 fully saturated rings. The summed E-state index contributed by atoms with van der Waals surface area (Å²) in [6.07, 6.45) is 8.13. The Balaban J connectivity index is 2.21. The average Bonchev–Trinajstić information content (AvgIpc) is 2.97. The first-order valence-electron chi connectivity index (χ1n) is 13.8. The van der Waals surface area contributed by atoms with Gasteiger partial charge in [0.25, 0.3) is 0 Å². The summed E-state index contributed by atoms with van der Waals surface area (Å²) in [5.41, 5.74) is -1.36. The molecule has 1 saturated heterocycles. The molecule has 0 aromatic carbocycles. The number of ether oxygens (including phenoxy) is 2. The van der Waals surface area contributed by atoms with Gasteiger partial charge in [-0.05, 0) is 86.4 Å². The van der Waals surface area contributed by atoms with Crippen LogP contribution in [0.2, 0.25) is 0 Å². The molecule has 1 saturated carbocycles. The van der Waals surface area contributed by atoms with Crippen molar-refractivity contribution < 1.29 is 19.1 Å². The van der Waals surface area contributed by atoms with E-state index in [2.05, 4.69) is 24.1 Å².